The highest BCUT2D eigenvalue weighted by Gasteiger charge is 2.35. The Morgan fingerprint density at radius 2 is 1.14 bits per heavy atom. The lowest BCUT2D eigenvalue weighted by molar-refractivity contribution is -0.147. The van der Waals surface area contributed by atoms with E-state index >= 15 is 0 Å². The van der Waals surface area contributed by atoms with Gasteiger partial charge < -0.3 is 46.4 Å². The Balaban J connectivity index is 1.73. The van der Waals surface area contributed by atoms with Crippen molar-refractivity contribution in [1.29, 1.82) is 0 Å². The SMILES string of the molecule is CC(C)[C@H](NC(=O)[C@H](CCC(=O)O)NC(=O)[C@H](CC(=O)O)NC(=O)OCC1c2ccccc2-c2ccccc21)C(=O)N[C@@H](CC(=O)O)C(=O)O. The third-order valence-electron chi connectivity index (χ3n) is 7.85. The first-order chi connectivity index (χ1) is 23.6. The zero-order valence-corrected chi connectivity index (χ0v) is 27.1. The average Bonchev–Trinajstić information content (AvgIpc) is 3.36. The minimum Gasteiger partial charge on any atom is -0.481 e. The molecule has 0 saturated heterocycles. The van der Waals surface area contributed by atoms with E-state index in [1.807, 2.05) is 53.8 Å². The van der Waals surface area contributed by atoms with Gasteiger partial charge in [-0.05, 0) is 34.6 Å². The molecule has 0 fully saturated rings. The van der Waals surface area contributed by atoms with Crippen LogP contribution in [0.1, 0.15) is 56.6 Å². The lowest BCUT2D eigenvalue weighted by Crippen LogP contribution is -2.59. The van der Waals surface area contributed by atoms with Crippen LogP contribution in [0.15, 0.2) is 48.5 Å². The average molecular weight is 699 g/mol. The van der Waals surface area contributed by atoms with Gasteiger partial charge in [0.2, 0.25) is 17.7 Å². The molecule has 17 heteroatoms. The Morgan fingerprint density at radius 3 is 1.64 bits per heavy atom. The molecule has 0 aromatic heterocycles. The molecule has 2 aromatic carbocycles. The molecule has 2 aromatic rings. The first kappa shape index (κ1) is 38.4. The summed E-state index contributed by atoms with van der Waals surface area (Å²) in [6.45, 7) is 2.80. The monoisotopic (exact) mass is 698 g/mol. The summed E-state index contributed by atoms with van der Waals surface area (Å²) >= 11 is 0. The van der Waals surface area contributed by atoms with Gasteiger partial charge in [0.05, 0.1) is 12.8 Å². The summed E-state index contributed by atoms with van der Waals surface area (Å²) in [4.78, 5) is 97.7. The van der Waals surface area contributed by atoms with Gasteiger partial charge in [0.15, 0.2) is 0 Å². The van der Waals surface area contributed by atoms with E-state index in [-0.39, 0.29) is 12.5 Å². The Morgan fingerprint density at radius 1 is 0.640 bits per heavy atom. The van der Waals surface area contributed by atoms with Gasteiger partial charge in [-0.3, -0.25) is 28.8 Å². The van der Waals surface area contributed by atoms with Gasteiger partial charge in [-0.1, -0.05) is 62.4 Å². The molecule has 50 heavy (non-hydrogen) atoms. The molecule has 8 N–H and O–H groups in total. The zero-order valence-electron chi connectivity index (χ0n) is 27.1. The Kier molecular flexibility index (Phi) is 13.4. The number of nitrogens with one attached hydrogen (secondary N) is 4. The summed E-state index contributed by atoms with van der Waals surface area (Å²) < 4.78 is 5.41. The van der Waals surface area contributed by atoms with E-state index in [1.54, 1.807) is 0 Å². The van der Waals surface area contributed by atoms with Crippen LogP contribution in [0.2, 0.25) is 0 Å². The van der Waals surface area contributed by atoms with Crippen molar-refractivity contribution < 1.29 is 63.5 Å². The number of ether oxygens (including phenoxy) is 1. The predicted molar refractivity (Wildman–Crippen MR) is 172 cm³/mol. The normalized spacial score (nSPS) is 14.1. The standard InChI is InChI=1S/C33H38N4O13/c1-16(2)28(31(46)35-24(32(47)48)14-27(42)43)37-29(44)22(11-12-25(38)39)34-30(45)23(13-26(40)41)36-33(49)50-15-21-19-9-5-3-7-17(19)18-8-4-6-10-20(18)21/h3-10,16,21-24,28H,11-15H2,1-2H3,(H,34,45)(H,35,46)(H,36,49)(H,37,44)(H,38,39)(H,40,41)(H,42,43)(H,47,48)/t22-,23-,24-,28-/m0/s1. The number of hydrogen-bond acceptors (Lipinski definition) is 9. The number of aliphatic carboxylic acids is 4. The van der Waals surface area contributed by atoms with Crippen LogP contribution in [0, 0.1) is 5.92 Å². The minimum absolute atomic E-state index is 0.154. The molecule has 1 aliphatic rings. The number of hydrogen-bond donors (Lipinski definition) is 8. The molecule has 1 aliphatic carbocycles. The van der Waals surface area contributed by atoms with E-state index in [0.717, 1.165) is 22.3 Å². The number of benzene rings is 2. The first-order valence-corrected chi connectivity index (χ1v) is 15.5. The minimum atomic E-state index is -1.83. The number of carbonyl (C=O) groups excluding carboxylic acids is 4. The van der Waals surface area contributed by atoms with E-state index in [4.69, 9.17) is 9.84 Å². The summed E-state index contributed by atoms with van der Waals surface area (Å²) in [5.41, 5.74) is 3.74. The van der Waals surface area contributed by atoms with Gasteiger partial charge >= 0.3 is 30.0 Å². The number of alkyl carbamates (subject to hydrolysis) is 1. The maximum atomic E-state index is 13.3. The Hall–Kier alpha value is -6.00. The van der Waals surface area contributed by atoms with E-state index in [1.165, 1.54) is 13.8 Å². The van der Waals surface area contributed by atoms with Crippen molar-refractivity contribution in [3.05, 3.63) is 59.7 Å². The Labute approximate surface area is 285 Å². The highest BCUT2D eigenvalue weighted by atomic mass is 16.5. The van der Waals surface area contributed by atoms with Crippen molar-refractivity contribution in [2.45, 2.75) is 69.6 Å². The highest BCUT2D eigenvalue weighted by molar-refractivity contribution is 5.96. The van der Waals surface area contributed by atoms with Crippen molar-refractivity contribution >= 4 is 47.7 Å². The second kappa shape index (κ2) is 17.4. The summed E-state index contributed by atoms with van der Waals surface area (Å²) in [6.07, 6.45) is -4.22. The number of amides is 4. The van der Waals surface area contributed by atoms with E-state index in [2.05, 4.69) is 16.0 Å². The van der Waals surface area contributed by atoms with Crippen LogP contribution in [-0.2, 0) is 38.3 Å². The van der Waals surface area contributed by atoms with Crippen molar-refractivity contribution in [3.63, 3.8) is 0 Å². The highest BCUT2D eigenvalue weighted by Crippen LogP contribution is 2.44. The Bertz CT molecular complexity index is 1600. The summed E-state index contributed by atoms with van der Waals surface area (Å²) in [5, 5.41) is 45.6. The van der Waals surface area contributed by atoms with Gasteiger partial charge in [0.25, 0.3) is 0 Å². The second-order valence-corrected chi connectivity index (χ2v) is 11.8. The lowest BCUT2D eigenvalue weighted by Gasteiger charge is -2.27. The van der Waals surface area contributed by atoms with Crippen LogP contribution in [0.5, 0.6) is 0 Å². The van der Waals surface area contributed by atoms with E-state index < -0.39 is 103 Å². The molecule has 0 radical (unpaired) electrons. The summed E-state index contributed by atoms with van der Waals surface area (Å²) in [7, 11) is 0. The molecule has 268 valence electrons. The lowest BCUT2D eigenvalue weighted by atomic mass is 9.98. The fourth-order valence-corrected chi connectivity index (χ4v) is 5.40. The molecule has 0 heterocycles. The van der Waals surface area contributed by atoms with Gasteiger partial charge in [-0.25, -0.2) is 9.59 Å². The van der Waals surface area contributed by atoms with Crippen LogP contribution in [-0.4, -0.2) is 98.9 Å². The first-order valence-electron chi connectivity index (χ1n) is 15.5. The molecular weight excluding hydrogens is 660 g/mol. The molecule has 0 saturated carbocycles. The van der Waals surface area contributed by atoms with Crippen molar-refractivity contribution in [2.24, 2.45) is 5.92 Å². The van der Waals surface area contributed by atoms with Crippen LogP contribution < -0.4 is 21.3 Å². The number of rotatable bonds is 18. The molecule has 0 unspecified atom stereocenters. The third kappa shape index (κ3) is 10.5. The largest absolute Gasteiger partial charge is 0.481 e. The number of carboxylic acid groups (broad SMARTS) is 4. The predicted octanol–water partition coefficient (Wildman–Crippen LogP) is 0.903. The number of carbonyl (C=O) groups is 8. The quantitative estimate of drug-likeness (QED) is 0.108. The molecule has 4 amide bonds. The maximum absolute atomic E-state index is 13.3. The van der Waals surface area contributed by atoms with Gasteiger partial charge in [-0.2, -0.15) is 0 Å². The number of carboxylic acids is 4. The topological polar surface area (TPSA) is 275 Å². The number of fused-ring (bicyclic) bond motifs is 3. The summed E-state index contributed by atoms with van der Waals surface area (Å²) in [6, 6.07) is 8.32. The van der Waals surface area contributed by atoms with Gasteiger partial charge in [0, 0.05) is 12.3 Å². The van der Waals surface area contributed by atoms with Crippen LogP contribution >= 0.6 is 0 Å². The third-order valence-corrected chi connectivity index (χ3v) is 7.85. The van der Waals surface area contributed by atoms with Gasteiger partial charge in [0.1, 0.15) is 30.8 Å². The van der Waals surface area contributed by atoms with Crippen LogP contribution in [0.25, 0.3) is 11.1 Å². The van der Waals surface area contributed by atoms with Gasteiger partial charge in [-0.15, -0.1) is 0 Å². The van der Waals surface area contributed by atoms with Crippen LogP contribution in [0.3, 0.4) is 0 Å². The van der Waals surface area contributed by atoms with E-state index in [0.29, 0.717) is 0 Å². The summed E-state index contributed by atoms with van der Waals surface area (Å²) in [5.74, 6) is -10.4. The smallest absolute Gasteiger partial charge is 0.407 e. The molecular formula is C33H38N4O13. The molecule has 3 rings (SSSR count). The molecule has 17 nitrogen and oxygen atoms in total. The molecule has 4 atom stereocenters. The zero-order chi connectivity index (χ0) is 37.1. The van der Waals surface area contributed by atoms with Crippen molar-refractivity contribution in [2.75, 3.05) is 6.61 Å². The van der Waals surface area contributed by atoms with Crippen LogP contribution in [0.4, 0.5) is 4.79 Å². The fraction of sp³-hybridized carbons (Fsp3) is 0.394. The van der Waals surface area contributed by atoms with Crippen molar-refractivity contribution in [3.8, 4) is 11.1 Å². The molecule has 0 aliphatic heterocycles. The second-order valence-electron chi connectivity index (χ2n) is 11.8. The molecule has 0 spiro atoms. The van der Waals surface area contributed by atoms with Crippen molar-refractivity contribution in [1.82, 2.24) is 21.3 Å². The maximum Gasteiger partial charge on any atom is 0.407 e. The molecule has 0 bridgehead atoms. The fourth-order valence-electron chi connectivity index (χ4n) is 5.40. The van der Waals surface area contributed by atoms with E-state index in [9.17, 15) is 53.7 Å².